The first-order chi connectivity index (χ1) is 13.1. The van der Waals surface area contributed by atoms with Crippen LogP contribution in [0.25, 0.3) is 0 Å². The molecule has 2 atom stereocenters. The predicted octanol–water partition coefficient (Wildman–Crippen LogP) is 1.79. The van der Waals surface area contributed by atoms with Crippen molar-refractivity contribution >= 4 is 17.5 Å². The average molecular weight is 370 g/mol. The van der Waals surface area contributed by atoms with Crippen molar-refractivity contribution in [1.82, 2.24) is 15.1 Å². The van der Waals surface area contributed by atoms with E-state index in [0.29, 0.717) is 11.5 Å². The lowest BCUT2D eigenvalue weighted by Crippen LogP contribution is -2.47. The molecular weight excluding hydrogens is 340 g/mol. The van der Waals surface area contributed by atoms with Gasteiger partial charge in [-0.3, -0.25) is 9.59 Å². The Hall–Kier alpha value is -1.92. The van der Waals surface area contributed by atoms with Crippen molar-refractivity contribution in [2.45, 2.75) is 25.7 Å². The molecule has 0 radical (unpaired) electrons. The fourth-order valence-corrected chi connectivity index (χ4v) is 4.83. The summed E-state index contributed by atoms with van der Waals surface area (Å²) in [7, 11) is 2.08. The molecule has 0 bridgehead atoms. The van der Waals surface area contributed by atoms with Crippen molar-refractivity contribution in [3.63, 3.8) is 0 Å². The third-order valence-corrected chi connectivity index (χ3v) is 6.67. The van der Waals surface area contributed by atoms with Crippen LogP contribution in [-0.4, -0.2) is 67.9 Å². The van der Waals surface area contributed by atoms with Crippen LogP contribution < -0.4 is 10.6 Å². The lowest BCUT2D eigenvalue weighted by atomic mass is 9.67. The van der Waals surface area contributed by atoms with E-state index in [2.05, 4.69) is 22.6 Å². The van der Waals surface area contributed by atoms with Gasteiger partial charge < -0.3 is 20.4 Å². The van der Waals surface area contributed by atoms with Gasteiger partial charge in [0.1, 0.15) is 0 Å². The molecule has 3 fully saturated rings. The van der Waals surface area contributed by atoms with E-state index >= 15 is 0 Å². The van der Waals surface area contributed by atoms with E-state index in [4.69, 9.17) is 0 Å². The second-order valence-electron chi connectivity index (χ2n) is 8.36. The maximum atomic E-state index is 13.0. The fourth-order valence-electron chi connectivity index (χ4n) is 4.83. The largest absolute Gasteiger partial charge is 0.336 e. The zero-order chi connectivity index (χ0) is 18.9. The van der Waals surface area contributed by atoms with Gasteiger partial charge in [0.05, 0.1) is 5.41 Å². The normalized spacial score (nSPS) is 28.6. The first kappa shape index (κ1) is 18.4. The van der Waals surface area contributed by atoms with Crippen LogP contribution in [0.2, 0.25) is 0 Å². The van der Waals surface area contributed by atoms with Crippen LogP contribution >= 0.6 is 0 Å². The Bertz CT molecular complexity index is 697. The highest BCUT2D eigenvalue weighted by Crippen LogP contribution is 2.44. The predicted molar refractivity (Wildman–Crippen MR) is 106 cm³/mol. The van der Waals surface area contributed by atoms with Gasteiger partial charge in [-0.25, -0.2) is 0 Å². The molecule has 1 aromatic rings. The van der Waals surface area contributed by atoms with E-state index in [9.17, 15) is 9.59 Å². The van der Waals surface area contributed by atoms with Crippen LogP contribution in [-0.2, 0) is 4.79 Å². The van der Waals surface area contributed by atoms with E-state index in [-0.39, 0.29) is 17.2 Å². The Morgan fingerprint density at radius 1 is 1.11 bits per heavy atom. The second kappa shape index (κ2) is 7.60. The first-order valence-corrected chi connectivity index (χ1v) is 10.2. The average Bonchev–Trinajstić information content (AvgIpc) is 3.14. The molecule has 1 aliphatic carbocycles. The van der Waals surface area contributed by atoms with Gasteiger partial charge in [0.25, 0.3) is 5.91 Å². The molecule has 1 aromatic carbocycles. The summed E-state index contributed by atoms with van der Waals surface area (Å²) in [6.45, 7) is 5.10. The number of amides is 2. The van der Waals surface area contributed by atoms with E-state index in [1.54, 1.807) is 0 Å². The standard InChI is InChI=1S/C21H30N4O2/c1-24-10-12-25(13-11-24)19(26)16-5-7-18(8-6-16)23-20(27)21-9-3-2-4-17(21)14-22-15-21/h5-8,17,22H,2-4,9-15H2,1H3,(H,23,27)/t17-,21+/m0/s1. The lowest BCUT2D eigenvalue weighted by Gasteiger charge is -2.37. The van der Waals surface area contributed by atoms with Crippen LogP contribution in [0.1, 0.15) is 36.0 Å². The third kappa shape index (κ3) is 3.60. The van der Waals surface area contributed by atoms with Gasteiger partial charge in [-0.05, 0) is 56.6 Å². The Morgan fingerprint density at radius 3 is 2.59 bits per heavy atom. The van der Waals surface area contributed by atoms with E-state index < -0.39 is 0 Å². The number of hydrogen-bond donors (Lipinski definition) is 2. The van der Waals surface area contributed by atoms with Crippen molar-refractivity contribution < 1.29 is 9.59 Å². The Labute approximate surface area is 161 Å². The molecule has 4 rings (SSSR count). The summed E-state index contributed by atoms with van der Waals surface area (Å²) in [4.78, 5) is 29.8. The summed E-state index contributed by atoms with van der Waals surface area (Å²) in [5.41, 5.74) is 1.21. The smallest absolute Gasteiger partial charge is 0.253 e. The molecule has 146 valence electrons. The van der Waals surface area contributed by atoms with Gasteiger partial charge in [-0.2, -0.15) is 0 Å². The number of carbonyl (C=O) groups excluding carboxylic acids is 2. The van der Waals surface area contributed by atoms with Crippen molar-refractivity contribution in [1.29, 1.82) is 0 Å². The number of fused-ring (bicyclic) bond motifs is 1. The van der Waals surface area contributed by atoms with Gasteiger partial charge in [0, 0.05) is 44.0 Å². The molecule has 2 aliphatic heterocycles. The topological polar surface area (TPSA) is 64.7 Å². The minimum atomic E-state index is -0.257. The molecule has 6 heteroatoms. The van der Waals surface area contributed by atoms with E-state index in [1.807, 2.05) is 29.2 Å². The molecule has 2 heterocycles. The Kier molecular flexibility index (Phi) is 5.19. The van der Waals surface area contributed by atoms with Crippen molar-refractivity contribution in [2.75, 3.05) is 51.6 Å². The molecule has 3 aliphatic rings. The Morgan fingerprint density at radius 2 is 1.85 bits per heavy atom. The number of carbonyl (C=O) groups is 2. The number of hydrogen-bond acceptors (Lipinski definition) is 4. The van der Waals surface area contributed by atoms with Crippen LogP contribution in [0.3, 0.4) is 0 Å². The highest BCUT2D eigenvalue weighted by Gasteiger charge is 2.49. The van der Waals surface area contributed by atoms with Crippen molar-refractivity contribution in [2.24, 2.45) is 11.3 Å². The number of anilines is 1. The maximum Gasteiger partial charge on any atom is 0.253 e. The number of benzene rings is 1. The quantitative estimate of drug-likeness (QED) is 0.852. The SMILES string of the molecule is CN1CCN(C(=O)c2ccc(NC(=O)[C@@]34CCCC[C@H]3CNC4)cc2)CC1. The summed E-state index contributed by atoms with van der Waals surface area (Å²) in [6.07, 6.45) is 4.46. The lowest BCUT2D eigenvalue weighted by molar-refractivity contribution is -0.128. The van der Waals surface area contributed by atoms with Gasteiger partial charge in [-0.1, -0.05) is 12.8 Å². The highest BCUT2D eigenvalue weighted by atomic mass is 16.2. The molecular formula is C21H30N4O2. The van der Waals surface area contributed by atoms with Crippen molar-refractivity contribution in [3.05, 3.63) is 29.8 Å². The number of nitrogens with zero attached hydrogens (tertiary/aromatic N) is 2. The van der Waals surface area contributed by atoms with Gasteiger partial charge in [-0.15, -0.1) is 0 Å². The third-order valence-electron chi connectivity index (χ3n) is 6.67. The zero-order valence-electron chi connectivity index (χ0n) is 16.2. The molecule has 1 saturated carbocycles. The summed E-state index contributed by atoms with van der Waals surface area (Å²) in [5, 5.41) is 6.54. The van der Waals surface area contributed by atoms with Gasteiger partial charge in [0.2, 0.25) is 5.91 Å². The summed E-state index contributed by atoms with van der Waals surface area (Å²) in [5.74, 6) is 0.659. The molecule has 27 heavy (non-hydrogen) atoms. The minimum absolute atomic E-state index is 0.0758. The van der Waals surface area contributed by atoms with Crippen LogP contribution in [0.5, 0.6) is 0 Å². The molecule has 2 amide bonds. The molecule has 2 saturated heterocycles. The Balaban J connectivity index is 1.40. The summed E-state index contributed by atoms with van der Waals surface area (Å²) in [6, 6.07) is 7.38. The molecule has 2 N–H and O–H groups in total. The van der Waals surface area contributed by atoms with Crippen LogP contribution in [0.4, 0.5) is 5.69 Å². The van der Waals surface area contributed by atoms with E-state index in [1.165, 1.54) is 6.42 Å². The highest BCUT2D eigenvalue weighted by molar-refractivity contribution is 5.98. The summed E-state index contributed by atoms with van der Waals surface area (Å²) >= 11 is 0. The van der Waals surface area contributed by atoms with Crippen LogP contribution in [0, 0.1) is 11.3 Å². The number of rotatable bonds is 3. The van der Waals surface area contributed by atoms with Crippen molar-refractivity contribution in [3.8, 4) is 0 Å². The zero-order valence-corrected chi connectivity index (χ0v) is 16.2. The molecule has 0 aromatic heterocycles. The number of nitrogens with one attached hydrogen (secondary N) is 2. The molecule has 0 spiro atoms. The minimum Gasteiger partial charge on any atom is -0.336 e. The van der Waals surface area contributed by atoms with Crippen LogP contribution in [0.15, 0.2) is 24.3 Å². The molecule has 6 nitrogen and oxygen atoms in total. The fraction of sp³-hybridized carbons (Fsp3) is 0.619. The number of piperazine rings is 1. The number of likely N-dealkylation sites (N-methyl/N-ethyl adjacent to an activating group) is 1. The molecule has 0 unspecified atom stereocenters. The van der Waals surface area contributed by atoms with Gasteiger partial charge in [0.15, 0.2) is 0 Å². The monoisotopic (exact) mass is 370 g/mol. The second-order valence-corrected chi connectivity index (χ2v) is 8.36. The maximum absolute atomic E-state index is 13.0. The van der Waals surface area contributed by atoms with Gasteiger partial charge >= 0.3 is 0 Å². The first-order valence-electron chi connectivity index (χ1n) is 10.2. The van der Waals surface area contributed by atoms with E-state index in [0.717, 1.165) is 64.2 Å². The summed E-state index contributed by atoms with van der Waals surface area (Å²) < 4.78 is 0.